The van der Waals surface area contributed by atoms with Gasteiger partial charge in [0.25, 0.3) is 11.5 Å². The van der Waals surface area contributed by atoms with Crippen LogP contribution in [-0.2, 0) is 24.6 Å². The second kappa shape index (κ2) is 14.3. The zero-order valence-electron chi connectivity index (χ0n) is 29.7. The molecule has 4 heterocycles. The van der Waals surface area contributed by atoms with Gasteiger partial charge in [-0.1, -0.05) is 54.6 Å². The van der Waals surface area contributed by atoms with E-state index in [-0.39, 0.29) is 24.5 Å². The van der Waals surface area contributed by atoms with Gasteiger partial charge in [-0.15, -0.1) is 0 Å². The van der Waals surface area contributed by atoms with Gasteiger partial charge < -0.3 is 38.6 Å². The minimum atomic E-state index is -1.75. The molecular formula is C39H44N4O9. The molecule has 0 aliphatic carbocycles. The van der Waals surface area contributed by atoms with Crippen LogP contribution in [0.2, 0.25) is 0 Å². The van der Waals surface area contributed by atoms with E-state index in [1.165, 1.54) is 10.8 Å². The first-order chi connectivity index (χ1) is 25.1. The molecule has 13 heteroatoms. The van der Waals surface area contributed by atoms with Crippen LogP contribution >= 0.6 is 0 Å². The van der Waals surface area contributed by atoms with E-state index in [4.69, 9.17) is 23.7 Å². The molecule has 0 bridgehead atoms. The molecule has 3 aromatic carbocycles. The summed E-state index contributed by atoms with van der Waals surface area (Å²) >= 11 is 0. The summed E-state index contributed by atoms with van der Waals surface area (Å²) in [5.74, 6) is 1.11. The van der Waals surface area contributed by atoms with Crippen molar-refractivity contribution in [1.82, 2.24) is 19.4 Å². The van der Waals surface area contributed by atoms with Crippen molar-refractivity contribution in [3.8, 4) is 11.5 Å². The summed E-state index contributed by atoms with van der Waals surface area (Å²) in [5, 5.41) is 12.6. The zero-order chi connectivity index (χ0) is 36.6. The summed E-state index contributed by atoms with van der Waals surface area (Å²) < 4.78 is 32.2. The van der Waals surface area contributed by atoms with Gasteiger partial charge in [0.05, 0.1) is 20.8 Å². The number of H-pyrrole nitrogens is 1. The van der Waals surface area contributed by atoms with Crippen molar-refractivity contribution < 1.29 is 33.6 Å². The summed E-state index contributed by atoms with van der Waals surface area (Å²) in [4.78, 5) is 45.6. The molecule has 0 spiro atoms. The standard InChI is InChI=1S/C39H44N4O9/c1-25-23-43(37(46)40-34(25)44)36-33-38(47,22-31(51-33)35(45)42-20-18-41(2)19-21-42)32(52-36)24-50-39(26-8-6-5-7-9-26,27-10-14-29(48-3)15-11-27)28-12-16-30(49-4)17-13-28/h5-17,23,31-33,36,47H,18-22,24H2,1-4H3,(H,40,44,46)/t31-,32-,33-,36-,38-/m1/s1. The largest absolute Gasteiger partial charge is 0.497 e. The Balaban J connectivity index is 1.30. The number of likely N-dealkylation sites (N-methyl/N-ethyl adjacent to an activating group) is 1. The fourth-order valence-electron chi connectivity index (χ4n) is 7.56. The molecule has 3 aliphatic rings. The van der Waals surface area contributed by atoms with E-state index in [9.17, 15) is 19.5 Å². The first kappa shape index (κ1) is 35.6. The molecule has 4 aromatic rings. The molecule has 3 fully saturated rings. The highest BCUT2D eigenvalue weighted by molar-refractivity contribution is 5.81. The third-order valence-electron chi connectivity index (χ3n) is 10.6. The SMILES string of the molecule is COc1ccc(C(OC[C@H]2O[C@@H](n3cc(C)c(=O)[nH]c3=O)[C@H]3O[C@@H](C(=O)N4CCN(C)CC4)C[C@]32O)(c2ccccc2)c2ccc(OC)cc2)cc1. The number of piperazine rings is 1. The molecule has 7 rings (SSSR count). The van der Waals surface area contributed by atoms with Crippen LogP contribution in [0.15, 0.2) is 94.6 Å². The number of amides is 1. The lowest BCUT2D eigenvalue weighted by Crippen LogP contribution is -2.51. The van der Waals surface area contributed by atoms with Crippen LogP contribution in [0.3, 0.4) is 0 Å². The Bertz CT molecular complexity index is 1940. The van der Waals surface area contributed by atoms with E-state index >= 15 is 0 Å². The number of carbonyl (C=O) groups is 1. The number of nitrogens with one attached hydrogen (secondary N) is 1. The van der Waals surface area contributed by atoms with Gasteiger partial charge in [-0.05, 0) is 54.9 Å². The lowest BCUT2D eigenvalue weighted by Gasteiger charge is -2.38. The zero-order valence-corrected chi connectivity index (χ0v) is 29.7. The van der Waals surface area contributed by atoms with Gasteiger partial charge in [0, 0.05) is 44.4 Å². The second-order valence-corrected chi connectivity index (χ2v) is 13.7. The number of fused-ring (bicyclic) bond motifs is 1. The molecule has 0 radical (unpaired) electrons. The molecule has 1 amide bonds. The Hall–Kier alpha value is -4.79. The third kappa shape index (κ3) is 6.32. The maximum absolute atomic E-state index is 13.8. The van der Waals surface area contributed by atoms with Crippen molar-refractivity contribution in [3.63, 3.8) is 0 Å². The average Bonchev–Trinajstić information content (AvgIpc) is 3.65. The number of benzene rings is 3. The van der Waals surface area contributed by atoms with E-state index in [0.29, 0.717) is 24.6 Å². The van der Waals surface area contributed by atoms with Crippen LogP contribution in [0.1, 0.15) is 34.9 Å². The van der Waals surface area contributed by atoms with E-state index in [1.54, 1.807) is 26.0 Å². The van der Waals surface area contributed by atoms with Crippen LogP contribution in [-0.4, -0.2) is 108 Å². The topological polar surface area (TPSA) is 145 Å². The normalized spacial score (nSPS) is 24.8. The fraction of sp³-hybridized carbons (Fsp3) is 0.410. The number of rotatable bonds is 10. The van der Waals surface area contributed by atoms with Crippen LogP contribution in [0.4, 0.5) is 0 Å². The number of aromatic amines is 1. The highest BCUT2D eigenvalue weighted by Crippen LogP contribution is 2.49. The molecule has 52 heavy (non-hydrogen) atoms. The van der Waals surface area contributed by atoms with Crippen LogP contribution < -0.4 is 20.7 Å². The highest BCUT2D eigenvalue weighted by Gasteiger charge is 2.64. The van der Waals surface area contributed by atoms with E-state index < -0.39 is 47.0 Å². The van der Waals surface area contributed by atoms with Crippen molar-refractivity contribution in [2.24, 2.45) is 0 Å². The fourth-order valence-corrected chi connectivity index (χ4v) is 7.56. The number of aliphatic hydroxyl groups is 1. The second-order valence-electron chi connectivity index (χ2n) is 13.7. The minimum absolute atomic E-state index is 0.0755. The van der Waals surface area contributed by atoms with Crippen molar-refractivity contribution in [3.05, 3.63) is 128 Å². The molecule has 0 saturated carbocycles. The Labute approximate surface area is 301 Å². The van der Waals surface area contributed by atoms with Crippen LogP contribution in [0.25, 0.3) is 0 Å². The quantitative estimate of drug-likeness (QED) is 0.235. The summed E-state index contributed by atoms with van der Waals surface area (Å²) in [6.07, 6.45) is -3.02. The van der Waals surface area contributed by atoms with Gasteiger partial charge in [0.15, 0.2) is 6.23 Å². The van der Waals surface area contributed by atoms with Gasteiger partial charge in [-0.2, -0.15) is 0 Å². The number of aromatic nitrogens is 2. The Morgan fingerprint density at radius 1 is 0.885 bits per heavy atom. The number of nitrogens with zero attached hydrogens (tertiary/aromatic N) is 3. The van der Waals surface area contributed by atoms with Crippen LogP contribution in [0.5, 0.6) is 11.5 Å². The van der Waals surface area contributed by atoms with Crippen molar-refractivity contribution in [1.29, 1.82) is 0 Å². The Kier molecular flexibility index (Phi) is 9.81. The first-order valence-corrected chi connectivity index (χ1v) is 17.4. The number of hydrogen-bond donors (Lipinski definition) is 2. The summed E-state index contributed by atoms with van der Waals surface area (Å²) in [7, 11) is 5.21. The number of aryl methyl sites for hydroxylation is 1. The number of methoxy groups -OCH3 is 2. The molecule has 0 unspecified atom stereocenters. The molecule has 1 aromatic heterocycles. The van der Waals surface area contributed by atoms with E-state index in [2.05, 4.69) is 9.88 Å². The summed E-state index contributed by atoms with van der Waals surface area (Å²) in [5.41, 5.74) is -1.59. The van der Waals surface area contributed by atoms with Crippen LogP contribution in [0, 0.1) is 6.92 Å². The molecule has 13 nitrogen and oxygen atoms in total. The Morgan fingerprint density at radius 2 is 1.46 bits per heavy atom. The average molecular weight is 713 g/mol. The summed E-state index contributed by atoms with van der Waals surface area (Å²) in [6, 6.07) is 24.9. The van der Waals surface area contributed by atoms with Gasteiger partial charge in [-0.25, -0.2) is 4.79 Å². The van der Waals surface area contributed by atoms with Crippen molar-refractivity contribution in [2.75, 3.05) is 54.1 Å². The van der Waals surface area contributed by atoms with Gasteiger partial charge in [-0.3, -0.25) is 19.1 Å². The number of carbonyl (C=O) groups excluding carboxylic acids is 1. The maximum atomic E-state index is 13.8. The smallest absolute Gasteiger partial charge is 0.330 e. The number of hydrogen-bond acceptors (Lipinski definition) is 10. The van der Waals surface area contributed by atoms with Crippen molar-refractivity contribution >= 4 is 5.91 Å². The van der Waals surface area contributed by atoms with Gasteiger partial charge in [0.1, 0.15) is 41.0 Å². The maximum Gasteiger partial charge on any atom is 0.330 e. The monoisotopic (exact) mass is 712 g/mol. The van der Waals surface area contributed by atoms with Crippen molar-refractivity contribution in [2.45, 2.75) is 49.1 Å². The van der Waals surface area contributed by atoms with E-state index in [0.717, 1.165) is 29.8 Å². The summed E-state index contributed by atoms with van der Waals surface area (Å²) in [6.45, 7) is 3.91. The molecule has 3 aliphatic heterocycles. The third-order valence-corrected chi connectivity index (χ3v) is 10.6. The lowest BCUT2D eigenvalue weighted by atomic mass is 9.79. The lowest BCUT2D eigenvalue weighted by molar-refractivity contribution is -0.152. The molecule has 5 atom stereocenters. The van der Waals surface area contributed by atoms with E-state index in [1.807, 2.05) is 85.9 Å². The van der Waals surface area contributed by atoms with Gasteiger partial charge in [0.2, 0.25) is 0 Å². The minimum Gasteiger partial charge on any atom is -0.497 e. The predicted octanol–water partition coefficient (Wildman–Crippen LogP) is 2.43. The Morgan fingerprint density at radius 3 is 2.04 bits per heavy atom. The first-order valence-electron chi connectivity index (χ1n) is 17.4. The molecule has 2 N–H and O–H groups in total. The molecular weight excluding hydrogens is 668 g/mol. The highest BCUT2D eigenvalue weighted by atomic mass is 16.6. The predicted molar refractivity (Wildman–Crippen MR) is 191 cm³/mol. The molecule has 274 valence electrons. The number of ether oxygens (including phenoxy) is 5. The molecule has 3 saturated heterocycles. The van der Waals surface area contributed by atoms with Gasteiger partial charge >= 0.3 is 5.69 Å².